The van der Waals surface area contributed by atoms with Crippen LogP contribution in [0.4, 0.5) is 0 Å². The number of nitrogens with zero attached hydrogens (tertiary/aromatic N) is 3. The molecule has 0 saturated carbocycles. The van der Waals surface area contributed by atoms with Gasteiger partial charge in [0.05, 0.1) is 24.0 Å². The lowest BCUT2D eigenvalue weighted by atomic mass is 9.83. The highest BCUT2D eigenvalue weighted by molar-refractivity contribution is 5.62. The van der Waals surface area contributed by atoms with Crippen LogP contribution in [0.25, 0.3) is 11.5 Å². The summed E-state index contributed by atoms with van der Waals surface area (Å²) < 4.78 is 3.89. The zero-order valence-electron chi connectivity index (χ0n) is 18.0. The molecule has 2 aromatic heterocycles. The van der Waals surface area contributed by atoms with E-state index >= 15 is 0 Å². The Morgan fingerprint density at radius 3 is 2.53 bits per heavy atom. The van der Waals surface area contributed by atoms with Gasteiger partial charge in [-0.25, -0.2) is 4.98 Å². The number of aliphatic hydroxyl groups is 1. The zero-order valence-corrected chi connectivity index (χ0v) is 18.0. The predicted molar refractivity (Wildman–Crippen MR) is 123 cm³/mol. The summed E-state index contributed by atoms with van der Waals surface area (Å²) in [7, 11) is 0. The van der Waals surface area contributed by atoms with E-state index in [1.165, 1.54) is 6.07 Å². The number of hydrogen-bond acceptors (Lipinski definition) is 4. The summed E-state index contributed by atoms with van der Waals surface area (Å²) in [6, 6.07) is 19.9. The lowest BCUT2D eigenvalue weighted by Gasteiger charge is -2.37. The molecule has 2 N–H and O–H groups in total. The number of benzene rings is 2. The molecule has 0 radical (unpaired) electrons. The van der Waals surface area contributed by atoms with Crippen molar-refractivity contribution < 1.29 is 10.2 Å². The third-order valence-corrected chi connectivity index (χ3v) is 6.30. The minimum Gasteiger partial charge on any atom is -0.503 e. The summed E-state index contributed by atoms with van der Waals surface area (Å²) in [4.78, 5) is 16.8. The van der Waals surface area contributed by atoms with Crippen LogP contribution in [0.15, 0.2) is 77.9 Å². The van der Waals surface area contributed by atoms with Crippen molar-refractivity contribution in [3.8, 4) is 17.3 Å². The molecule has 1 aliphatic rings. The van der Waals surface area contributed by atoms with Crippen molar-refractivity contribution in [3.05, 3.63) is 106 Å². The second-order valence-corrected chi connectivity index (χ2v) is 8.45. The van der Waals surface area contributed by atoms with Gasteiger partial charge in [0.25, 0.3) is 0 Å². The van der Waals surface area contributed by atoms with E-state index in [2.05, 4.69) is 48.3 Å². The second-order valence-electron chi connectivity index (χ2n) is 8.45. The number of aryl methyl sites for hydroxylation is 1. The van der Waals surface area contributed by atoms with Crippen LogP contribution in [0, 0.1) is 6.92 Å². The first-order valence-electron chi connectivity index (χ1n) is 10.7. The average molecular weight is 428 g/mol. The number of fused-ring (bicyclic) bond motifs is 3. The van der Waals surface area contributed by atoms with Crippen LogP contribution in [0.3, 0.4) is 0 Å². The second kappa shape index (κ2) is 7.80. The highest BCUT2D eigenvalue weighted by atomic mass is 16.3. The molecule has 6 heteroatoms. The quantitative estimate of drug-likeness (QED) is 0.512. The first kappa shape index (κ1) is 20.3. The lowest BCUT2D eigenvalue weighted by molar-refractivity contribution is 0.186. The third-order valence-electron chi connectivity index (χ3n) is 6.30. The minimum absolute atomic E-state index is 0.0471. The molecule has 6 nitrogen and oxygen atoms in total. The Bertz CT molecular complexity index is 1340. The Morgan fingerprint density at radius 1 is 1.06 bits per heavy atom. The van der Waals surface area contributed by atoms with Crippen molar-refractivity contribution >= 4 is 0 Å². The summed E-state index contributed by atoms with van der Waals surface area (Å²) in [6.07, 6.45) is 2.64. The van der Waals surface area contributed by atoms with E-state index in [1.54, 1.807) is 19.3 Å². The van der Waals surface area contributed by atoms with Gasteiger partial charge in [-0.2, -0.15) is 0 Å². The van der Waals surface area contributed by atoms with E-state index in [4.69, 9.17) is 0 Å². The van der Waals surface area contributed by atoms with Crippen molar-refractivity contribution in [2.75, 3.05) is 0 Å². The molecule has 3 heterocycles. The number of aromatic nitrogens is 3. The summed E-state index contributed by atoms with van der Waals surface area (Å²) in [6.45, 7) is 4.31. The van der Waals surface area contributed by atoms with Crippen LogP contribution >= 0.6 is 0 Å². The standard InChI is InChI=1S/C26H25N3O3/c1-16-7-6-10-19(13-16)23(18-8-4-3-5-9-18)21-15-29-20(17(2)30)14-27-26(29)24-25(32)22(31)11-12-28(21)24/h3-14,17,21,23,30,32H,15H2,1-2H3/t17?,21-,23?/m1/s1. The molecule has 2 aromatic carbocycles. The SMILES string of the molecule is Cc1cccc(C(c2ccccc2)[C@H]2Cn3c(C(C)O)cnc3-c3c(O)c(=O)ccn32)c1. The molecule has 4 aromatic rings. The van der Waals surface area contributed by atoms with Crippen LogP contribution in [0.1, 0.15) is 47.4 Å². The molecule has 0 amide bonds. The normalized spacial score (nSPS) is 16.8. The molecule has 1 aliphatic heterocycles. The largest absolute Gasteiger partial charge is 0.503 e. The van der Waals surface area contributed by atoms with Crippen LogP contribution in [-0.4, -0.2) is 24.3 Å². The van der Waals surface area contributed by atoms with Gasteiger partial charge in [-0.05, 0) is 25.0 Å². The van der Waals surface area contributed by atoms with E-state index in [0.717, 1.165) is 16.7 Å². The number of aliphatic hydroxyl groups excluding tert-OH is 1. The first-order valence-corrected chi connectivity index (χ1v) is 10.7. The molecule has 162 valence electrons. The molecule has 0 saturated heterocycles. The van der Waals surface area contributed by atoms with Crippen LogP contribution < -0.4 is 5.43 Å². The smallest absolute Gasteiger partial charge is 0.223 e. The van der Waals surface area contributed by atoms with Gasteiger partial charge in [-0.1, -0.05) is 60.2 Å². The molecular weight excluding hydrogens is 402 g/mol. The first-order chi connectivity index (χ1) is 15.5. The fraction of sp³-hybridized carbons (Fsp3) is 0.231. The molecule has 32 heavy (non-hydrogen) atoms. The number of rotatable bonds is 4. The highest BCUT2D eigenvalue weighted by Gasteiger charge is 2.36. The lowest BCUT2D eigenvalue weighted by Crippen LogP contribution is -2.31. The molecule has 0 bridgehead atoms. The Labute approximate surface area is 186 Å². The van der Waals surface area contributed by atoms with Gasteiger partial charge >= 0.3 is 0 Å². The Kier molecular flexibility index (Phi) is 4.94. The molecule has 0 fully saturated rings. The molecule has 2 unspecified atom stereocenters. The van der Waals surface area contributed by atoms with E-state index < -0.39 is 11.5 Å². The van der Waals surface area contributed by atoms with Crippen molar-refractivity contribution in [1.82, 2.24) is 14.1 Å². The molecule has 3 atom stereocenters. The van der Waals surface area contributed by atoms with Gasteiger partial charge in [-0.15, -0.1) is 0 Å². The van der Waals surface area contributed by atoms with Crippen molar-refractivity contribution in [3.63, 3.8) is 0 Å². The topological polar surface area (TPSA) is 80.3 Å². The number of imidazole rings is 1. The van der Waals surface area contributed by atoms with Gasteiger partial charge in [-0.3, -0.25) is 4.79 Å². The fourth-order valence-corrected chi connectivity index (χ4v) is 4.84. The Morgan fingerprint density at radius 2 is 1.81 bits per heavy atom. The maximum Gasteiger partial charge on any atom is 0.223 e. The number of aromatic hydroxyl groups is 1. The summed E-state index contributed by atoms with van der Waals surface area (Å²) in [5.41, 5.74) is 4.03. The molecule has 0 aliphatic carbocycles. The van der Waals surface area contributed by atoms with Gasteiger partial charge in [0, 0.05) is 24.7 Å². The van der Waals surface area contributed by atoms with E-state index in [1.807, 2.05) is 27.3 Å². The fourth-order valence-electron chi connectivity index (χ4n) is 4.84. The molecule has 0 spiro atoms. The van der Waals surface area contributed by atoms with Crippen LogP contribution in [-0.2, 0) is 6.54 Å². The third kappa shape index (κ3) is 3.24. The van der Waals surface area contributed by atoms with E-state index in [-0.39, 0.29) is 17.7 Å². The van der Waals surface area contributed by atoms with E-state index in [0.29, 0.717) is 23.8 Å². The summed E-state index contributed by atoms with van der Waals surface area (Å²) in [5.74, 6) is 0.120. The van der Waals surface area contributed by atoms with Gasteiger partial charge in [0.1, 0.15) is 5.69 Å². The average Bonchev–Trinajstić information content (AvgIpc) is 3.21. The van der Waals surface area contributed by atoms with E-state index in [9.17, 15) is 15.0 Å². The van der Waals surface area contributed by atoms with Crippen molar-refractivity contribution in [1.29, 1.82) is 0 Å². The maximum absolute atomic E-state index is 12.4. The van der Waals surface area contributed by atoms with Crippen LogP contribution in [0.5, 0.6) is 5.75 Å². The molecular formula is C26H25N3O3. The van der Waals surface area contributed by atoms with Gasteiger partial charge < -0.3 is 19.3 Å². The monoisotopic (exact) mass is 427 g/mol. The van der Waals surface area contributed by atoms with Gasteiger partial charge in [0.15, 0.2) is 11.6 Å². The van der Waals surface area contributed by atoms with Crippen LogP contribution in [0.2, 0.25) is 0 Å². The number of pyridine rings is 1. The summed E-state index contributed by atoms with van der Waals surface area (Å²) >= 11 is 0. The summed E-state index contributed by atoms with van der Waals surface area (Å²) in [5, 5.41) is 21.1. The number of hydrogen-bond donors (Lipinski definition) is 2. The zero-order chi connectivity index (χ0) is 22.4. The highest BCUT2D eigenvalue weighted by Crippen LogP contribution is 2.44. The van der Waals surface area contributed by atoms with Crippen molar-refractivity contribution in [2.24, 2.45) is 0 Å². The maximum atomic E-state index is 12.4. The molecule has 5 rings (SSSR count). The van der Waals surface area contributed by atoms with Gasteiger partial charge in [0.2, 0.25) is 5.43 Å². The Hall–Kier alpha value is -3.64. The Balaban J connectivity index is 1.78. The predicted octanol–water partition coefficient (Wildman–Crippen LogP) is 4.17. The minimum atomic E-state index is -0.727. The van der Waals surface area contributed by atoms with Crippen molar-refractivity contribution in [2.45, 2.75) is 38.5 Å².